The minimum Gasteiger partial charge on any atom is -0.324 e. The van der Waals surface area contributed by atoms with Crippen molar-refractivity contribution < 1.29 is 4.39 Å². The van der Waals surface area contributed by atoms with Crippen LogP contribution >= 0.6 is 0 Å². The van der Waals surface area contributed by atoms with Crippen molar-refractivity contribution in [2.24, 2.45) is 10.9 Å². The average molecular weight is 167 g/mol. The summed E-state index contributed by atoms with van der Waals surface area (Å²) in [5.41, 5.74) is 0.856. The molecule has 1 aromatic rings. The third kappa shape index (κ3) is 2.65. The minimum absolute atomic E-state index is 0.308. The first-order valence-corrected chi connectivity index (χ1v) is 3.64. The van der Waals surface area contributed by atoms with Crippen molar-refractivity contribution in [2.75, 3.05) is 0 Å². The van der Waals surface area contributed by atoms with E-state index in [9.17, 15) is 4.39 Å². The Bertz CT molecular complexity index is 273. The summed E-state index contributed by atoms with van der Waals surface area (Å²) in [7, 11) is 0. The summed E-state index contributed by atoms with van der Waals surface area (Å²) in [5, 5.41) is 3.33. The van der Waals surface area contributed by atoms with Gasteiger partial charge in [-0.1, -0.05) is 0 Å². The molecule has 0 spiro atoms. The van der Waals surface area contributed by atoms with Crippen LogP contribution in [-0.2, 0) is 6.42 Å². The number of nitrogens with zero attached hydrogens (tertiary/aromatic N) is 2. The predicted octanol–water partition coefficient (Wildman–Crippen LogP) is 1.10. The fraction of sp³-hybridized carbons (Fsp3) is 0.250. The molecule has 0 aromatic carbocycles. The van der Waals surface area contributed by atoms with Crippen LogP contribution in [0.5, 0.6) is 0 Å². The topological polar surface area (TPSA) is 51.3 Å². The molecule has 0 saturated carbocycles. The van der Waals surface area contributed by atoms with Gasteiger partial charge in [0, 0.05) is 12.4 Å². The van der Waals surface area contributed by atoms with Crippen LogP contribution in [0.2, 0.25) is 0 Å². The van der Waals surface area contributed by atoms with Gasteiger partial charge in [-0.05, 0) is 24.5 Å². The molecule has 0 aliphatic carbocycles. The maximum atomic E-state index is 12.6. The second-order valence-corrected chi connectivity index (χ2v) is 2.38. The normalized spacial score (nSPS) is 10.8. The average Bonchev–Trinajstić information content (AvgIpc) is 2.05. The highest BCUT2D eigenvalue weighted by Crippen LogP contribution is 2.02. The molecule has 1 rings (SSSR count). The number of pyridine rings is 1. The van der Waals surface area contributed by atoms with Crippen LogP contribution in [0, 0.1) is 5.82 Å². The molecular weight excluding hydrogens is 157 g/mol. The Labute approximate surface area is 70.1 Å². The van der Waals surface area contributed by atoms with Crippen molar-refractivity contribution in [3.05, 3.63) is 29.8 Å². The van der Waals surface area contributed by atoms with Crippen molar-refractivity contribution in [3.8, 4) is 0 Å². The summed E-state index contributed by atoms with van der Waals surface area (Å²) < 4.78 is 12.6. The first-order chi connectivity index (χ1) is 5.83. The van der Waals surface area contributed by atoms with E-state index in [2.05, 4.69) is 10.1 Å². The van der Waals surface area contributed by atoms with E-state index in [1.54, 1.807) is 12.4 Å². The van der Waals surface area contributed by atoms with Gasteiger partial charge in [-0.2, -0.15) is 5.10 Å². The lowest BCUT2D eigenvalue weighted by Crippen LogP contribution is -1.90. The summed E-state index contributed by atoms with van der Waals surface area (Å²) in [5.74, 6) is 4.59. The number of aryl methyl sites for hydroxylation is 1. The summed E-state index contributed by atoms with van der Waals surface area (Å²) >= 11 is 0. The van der Waals surface area contributed by atoms with Gasteiger partial charge in [0.15, 0.2) is 0 Å². The number of hydrogen-bond donors (Lipinski definition) is 1. The summed E-state index contributed by atoms with van der Waals surface area (Å²) in [6.07, 6.45) is 5.83. The van der Waals surface area contributed by atoms with Gasteiger partial charge in [-0.25, -0.2) is 4.39 Å². The third-order valence-corrected chi connectivity index (χ3v) is 1.43. The zero-order valence-corrected chi connectivity index (χ0v) is 6.57. The van der Waals surface area contributed by atoms with E-state index in [-0.39, 0.29) is 5.82 Å². The molecule has 64 valence electrons. The predicted molar refractivity (Wildman–Crippen MR) is 45.2 cm³/mol. The van der Waals surface area contributed by atoms with Gasteiger partial charge in [0.1, 0.15) is 5.82 Å². The molecule has 2 N–H and O–H groups in total. The van der Waals surface area contributed by atoms with Crippen LogP contribution in [0.15, 0.2) is 23.6 Å². The lowest BCUT2D eigenvalue weighted by atomic mass is 10.2. The van der Waals surface area contributed by atoms with Gasteiger partial charge in [-0.15, -0.1) is 0 Å². The van der Waals surface area contributed by atoms with E-state index in [0.29, 0.717) is 12.8 Å². The van der Waals surface area contributed by atoms with Crippen molar-refractivity contribution in [2.45, 2.75) is 12.8 Å². The molecule has 1 heterocycles. The lowest BCUT2D eigenvalue weighted by molar-refractivity contribution is 0.618. The first kappa shape index (κ1) is 8.64. The van der Waals surface area contributed by atoms with Crippen LogP contribution in [0.25, 0.3) is 0 Å². The fourth-order valence-electron chi connectivity index (χ4n) is 0.898. The van der Waals surface area contributed by atoms with Crippen LogP contribution < -0.4 is 5.84 Å². The smallest absolute Gasteiger partial charge is 0.141 e. The highest BCUT2D eigenvalue weighted by Gasteiger charge is 1.94. The Kier molecular flexibility index (Phi) is 3.19. The van der Waals surface area contributed by atoms with Gasteiger partial charge in [-0.3, -0.25) is 4.98 Å². The molecule has 0 amide bonds. The maximum absolute atomic E-state index is 12.6. The molecule has 0 bridgehead atoms. The molecular formula is C8H10FN3. The van der Waals surface area contributed by atoms with Crippen LogP contribution in [0.3, 0.4) is 0 Å². The summed E-state index contributed by atoms with van der Waals surface area (Å²) in [4.78, 5) is 3.71. The Morgan fingerprint density at radius 3 is 3.08 bits per heavy atom. The number of aromatic nitrogens is 1. The Balaban J connectivity index is 2.52. The molecule has 3 nitrogen and oxygen atoms in total. The molecule has 4 heteroatoms. The molecule has 0 aliphatic heterocycles. The molecule has 12 heavy (non-hydrogen) atoms. The van der Waals surface area contributed by atoms with E-state index >= 15 is 0 Å². The van der Waals surface area contributed by atoms with Crippen molar-refractivity contribution in [1.82, 2.24) is 4.98 Å². The molecule has 0 saturated heterocycles. The van der Waals surface area contributed by atoms with Crippen molar-refractivity contribution in [1.29, 1.82) is 0 Å². The lowest BCUT2D eigenvalue weighted by Gasteiger charge is -1.95. The van der Waals surface area contributed by atoms with E-state index in [4.69, 9.17) is 5.84 Å². The van der Waals surface area contributed by atoms with Gasteiger partial charge >= 0.3 is 0 Å². The Hall–Kier alpha value is -1.45. The molecule has 0 fully saturated rings. The number of hydrazone groups is 1. The molecule has 0 radical (unpaired) electrons. The second kappa shape index (κ2) is 4.43. The zero-order valence-electron chi connectivity index (χ0n) is 6.57. The number of halogens is 1. The molecule has 0 unspecified atom stereocenters. The van der Waals surface area contributed by atoms with Crippen molar-refractivity contribution >= 4 is 6.21 Å². The van der Waals surface area contributed by atoms with Crippen molar-refractivity contribution in [3.63, 3.8) is 0 Å². The maximum Gasteiger partial charge on any atom is 0.141 e. The molecule has 1 aromatic heterocycles. The van der Waals surface area contributed by atoms with E-state index < -0.39 is 0 Å². The zero-order chi connectivity index (χ0) is 8.81. The Morgan fingerprint density at radius 2 is 2.42 bits per heavy atom. The standard InChI is InChI=1S/C8H10FN3/c9-8-4-7(5-11-6-8)2-1-3-12-10/h3-6H,1-2,10H2/b12-3+. The summed E-state index contributed by atoms with van der Waals surface area (Å²) in [6, 6.07) is 1.46. The van der Waals surface area contributed by atoms with Gasteiger partial charge in [0.2, 0.25) is 0 Å². The minimum atomic E-state index is -0.308. The van der Waals surface area contributed by atoms with Crippen LogP contribution in [0.4, 0.5) is 4.39 Å². The number of rotatable bonds is 3. The highest BCUT2D eigenvalue weighted by atomic mass is 19.1. The SMILES string of the molecule is N/N=C/CCc1cncc(F)c1. The molecule has 0 aliphatic rings. The summed E-state index contributed by atoms with van der Waals surface area (Å²) in [6.45, 7) is 0. The van der Waals surface area contributed by atoms with E-state index in [1.807, 2.05) is 0 Å². The number of hydrogen-bond acceptors (Lipinski definition) is 3. The monoisotopic (exact) mass is 167 g/mol. The number of nitrogens with two attached hydrogens (primary N) is 1. The quantitative estimate of drug-likeness (QED) is 0.416. The highest BCUT2D eigenvalue weighted by molar-refractivity contribution is 5.57. The van der Waals surface area contributed by atoms with Gasteiger partial charge in [0.25, 0.3) is 0 Å². The first-order valence-electron chi connectivity index (χ1n) is 3.64. The van der Waals surface area contributed by atoms with Crippen LogP contribution in [0.1, 0.15) is 12.0 Å². The second-order valence-electron chi connectivity index (χ2n) is 2.38. The van der Waals surface area contributed by atoms with E-state index in [1.165, 1.54) is 12.3 Å². The van der Waals surface area contributed by atoms with Gasteiger partial charge < -0.3 is 5.84 Å². The Morgan fingerprint density at radius 1 is 1.58 bits per heavy atom. The van der Waals surface area contributed by atoms with Gasteiger partial charge in [0.05, 0.1) is 6.20 Å². The third-order valence-electron chi connectivity index (χ3n) is 1.43. The van der Waals surface area contributed by atoms with E-state index in [0.717, 1.165) is 5.56 Å². The largest absolute Gasteiger partial charge is 0.324 e. The fourth-order valence-corrected chi connectivity index (χ4v) is 0.898. The molecule has 0 atom stereocenters. The van der Waals surface area contributed by atoms with Crippen LogP contribution in [-0.4, -0.2) is 11.2 Å².